The normalized spacial score (nSPS) is 25.4. The quantitative estimate of drug-likeness (QED) is 0.852. The molecule has 0 aromatic heterocycles. The first kappa shape index (κ1) is 11.4. The molecule has 1 fully saturated rings. The maximum absolute atomic E-state index is 9.09. The fourth-order valence-corrected chi connectivity index (χ4v) is 2.10. The molecule has 1 aliphatic rings. The molecule has 1 aromatic rings. The Morgan fingerprint density at radius 1 is 1.31 bits per heavy atom. The summed E-state index contributed by atoms with van der Waals surface area (Å²) in [6.07, 6.45) is 3.23. The van der Waals surface area contributed by atoms with Crippen molar-refractivity contribution >= 4 is 0 Å². The van der Waals surface area contributed by atoms with Crippen LogP contribution < -0.4 is 4.74 Å². The van der Waals surface area contributed by atoms with Crippen molar-refractivity contribution in [2.75, 3.05) is 13.7 Å². The number of aliphatic hydroxyl groups is 1. The van der Waals surface area contributed by atoms with Crippen LogP contribution in [0.15, 0.2) is 24.3 Å². The van der Waals surface area contributed by atoms with Gasteiger partial charge in [0.1, 0.15) is 5.75 Å². The second-order valence-corrected chi connectivity index (χ2v) is 4.13. The van der Waals surface area contributed by atoms with E-state index >= 15 is 0 Å². The van der Waals surface area contributed by atoms with Gasteiger partial charge in [0.25, 0.3) is 0 Å². The fourth-order valence-electron chi connectivity index (χ4n) is 2.10. The van der Waals surface area contributed by atoms with Crippen LogP contribution in [0.3, 0.4) is 0 Å². The van der Waals surface area contributed by atoms with Gasteiger partial charge in [-0.15, -0.1) is 0 Å². The molecule has 1 aliphatic heterocycles. The third kappa shape index (κ3) is 2.54. The smallest absolute Gasteiger partial charge is 0.118 e. The maximum Gasteiger partial charge on any atom is 0.118 e. The van der Waals surface area contributed by atoms with Gasteiger partial charge >= 0.3 is 0 Å². The number of methoxy groups -OCH3 is 1. The average molecular weight is 222 g/mol. The van der Waals surface area contributed by atoms with Gasteiger partial charge in [-0.2, -0.15) is 0 Å². The van der Waals surface area contributed by atoms with E-state index in [1.807, 2.05) is 24.3 Å². The van der Waals surface area contributed by atoms with Crippen LogP contribution in [0.25, 0.3) is 0 Å². The van der Waals surface area contributed by atoms with Crippen molar-refractivity contribution in [2.24, 2.45) is 0 Å². The van der Waals surface area contributed by atoms with E-state index in [-0.39, 0.29) is 18.8 Å². The predicted octanol–water partition coefficient (Wildman–Crippen LogP) is 2.30. The van der Waals surface area contributed by atoms with Crippen LogP contribution in [0.1, 0.15) is 30.9 Å². The third-order valence-electron chi connectivity index (χ3n) is 3.04. The van der Waals surface area contributed by atoms with Crippen LogP contribution in [0.2, 0.25) is 0 Å². The predicted molar refractivity (Wildman–Crippen MR) is 61.5 cm³/mol. The van der Waals surface area contributed by atoms with Crippen molar-refractivity contribution in [3.63, 3.8) is 0 Å². The van der Waals surface area contributed by atoms with Gasteiger partial charge in [-0.1, -0.05) is 12.1 Å². The lowest BCUT2D eigenvalue weighted by atomic mass is 9.98. The molecule has 0 aliphatic carbocycles. The molecule has 1 aromatic carbocycles. The molecule has 0 radical (unpaired) electrons. The first-order valence-corrected chi connectivity index (χ1v) is 5.73. The van der Waals surface area contributed by atoms with Crippen molar-refractivity contribution < 1.29 is 14.6 Å². The standard InChI is InChI=1S/C13H18O3/c1-15-11-7-5-10(6-8-11)13-4-2-3-12(9-14)16-13/h5-8,12-14H,2-4,9H2,1H3/t12-,13-/m1/s1. The van der Waals surface area contributed by atoms with Gasteiger partial charge in [0.05, 0.1) is 25.9 Å². The monoisotopic (exact) mass is 222 g/mol. The SMILES string of the molecule is COc1ccc([C@H]2CCC[C@H](CO)O2)cc1. The van der Waals surface area contributed by atoms with Gasteiger partial charge in [-0.3, -0.25) is 0 Å². The van der Waals surface area contributed by atoms with Crippen LogP contribution in [-0.4, -0.2) is 24.9 Å². The van der Waals surface area contributed by atoms with E-state index in [4.69, 9.17) is 14.6 Å². The second kappa shape index (κ2) is 5.32. The van der Waals surface area contributed by atoms with E-state index < -0.39 is 0 Å². The Morgan fingerprint density at radius 2 is 2.06 bits per heavy atom. The topological polar surface area (TPSA) is 38.7 Å². The lowest BCUT2D eigenvalue weighted by molar-refractivity contribution is -0.0737. The zero-order valence-corrected chi connectivity index (χ0v) is 9.56. The first-order chi connectivity index (χ1) is 7.83. The van der Waals surface area contributed by atoms with Crippen molar-refractivity contribution in [3.8, 4) is 5.75 Å². The highest BCUT2D eigenvalue weighted by atomic mass is 16.5. The molecule has 0 amide bonds. The number of hydrogen-bond donors (Lipinski definition) is 1. The number of rotatable bonds is 3. The fraction of sp³-hybridized carbons (Fsp3) is 0.538. The van der Waals surface area contributed by atoms with Crippen LogP contribution in [-0.2, 0) is 4.74 Å². The van der Waals surface area contributed by atoms with Gasteiger partial charge < -0.3 is 14.6 Å². The molecule has 3 nitrogen and oxygen atoms in total. The summed E-state index contributed by atoms with van der Waals surface area (Å²) < 4.78 is 10.9. The van der Waals surface area contributed by atoms with Crippen molar-refractivity contribution in [1.29, 1.82) is 0 Å². The minimum absolute atomic E-state index is 0.000789. The Labute approximate surface area is 96.0 Å². The lowest BCUT2D eigenvalue weighted by Crippen LogP contribution is -2.25. The van der Waals surface area contributed by atoms with E-state index in [2.05, 4.69) is 0 Å². The van der Waals surface area contributed by atoms with Gasteiger partial charge in [-0.05, 0) is 37.0 Å². The summed E-state index contributed by atoms with van der Waals surface area (Å²) in [5, 5.41) is 9.09. The second-order valence-electron chi connectivity index (χ2n) is 4.13. The summed E-state index contributed by atoms with van der Waals surface area (Å²) in [6, 6.07) is 7.95. The zero-order valence-electron chi connectivity index (χ0n) is 9.56. The summed E-state index contributed by atoms with van der Waals surface area (Å²) in [4.78, 5) is 0. The minimum Gasteiger partial charge on any atom is -0.497 e. The van der Waals surface area contributed by atoms with Gasteiger partial charge in [-0.25, -0.2) is 0 Å². The molecule has 0 saturated carbocycles. The number of benzene rings is 1. The summed E-state index contributed by atoms with van der Waals surface area (Å²) in [5.74, 6) is 0.860. The first-order valence-electron chi connectivity index (χ1n) is 5.73. The molecule has 1 saturated heterocycles. The zero-order chi connectivity index (χ0) is 11.4. The lowest BCUT2D eigenvalue weighted by Gasteiger charge is -2.29. The Bertz CT molecular complexity index is 320. The van der Waals surface area contributed by atoms with E-state index in [1.165, 1.54) is 5.56 Å². The molecule has 0 unspecified atom stereocenters. The summed E-state index contributed by atoms with van der Waals surface area (Å²) in [6.45, 7) is 0.118. The molecule has 0 spiro atoms. The Balaban J connectivity index is 2.05. The molecular formula is C13H18O3. The Kier molecular flexibility index (Phi) is 3.80. The van der Waals surface area contributed by atoms with Gasteiger partial charge in [0.15, 0.2) is 0 Å². The number of ether oxygens (including phenoxy) is 2. The maximum atomic E-state index is 9.09. The van der Waals surface area contributed by atoms with E-state index in [9.17, 15) is 0 Å². The molecule has 1 heterocycles. The molecule has 0 bridgehead atoms. The highest BCUT2D eigenvalue weighted by Crippen LogP contribution is 2.31. The molecule has 3 heteroatoms. The molecule has 16 heavy (non-hydrogen) atoms. The van der Waals surface area contributed by atoms with Crippen LogP contribution in [0, 0.1) is 0 Å². The summed E-state index contributed by atoms with van der Waals surface area (Å²) in [7, 11) is 1.66. The van der Waals surface area contributed by atoms with E-state index in [1.54, 1.807) is 7.11 Å². The number of hydrogen-bond acceptors (Lipinski definition) is 3. The largest absolute Gasteiger partial charge is 0.497 e. The van der Waals surface area contributed by atoms with Crippen molar-refractivity contribution in [1.82, 2.24) is 0 Å². The molecule has 1 N–H and O–H groups in total. The van der Waals surface area contributed by atoms with Crippen LogP contribution >= 0.6 is 0 Å². The molecule has 2 rings (SSSR count). The Morgan fingerprint density at radius 3 is 2.69 bits per heavy atom. The summed E-state index contributed by atoms with van der Waals surface area (Å²) >= 11 is 0. The molecule has 2 atom stereocenters. The third-order valence-corrected chi connectivity index (χ3v) is 3.04. The highest BCUT2D eigenvalue weighted by Gasteiger charge is 2.22. The van der Waals surface area contributed by atoms with Gasteiger partial charge in [0.2, 0.25) is 0 Å². The number of aliphatic hydroxyl groups excluding tert-OH is 1. The van der Waals surface area contributed by atoms with E-state index in [0.29, 0.717) is 0 Å². The molecule has 88 valence electrons. The minimum atomic E-state index is 0.000789. The Hall–Kier alpha value is -1.06. The molecular weight excluding hydrogens is 204 g/mol. The van der Waals surface area contributed by atoms with Crippen molar-refractivity contribution in [3.05, 3.63) is 29.8 Å². The van der Waals surface area contributed by atoms with Crippen molar-refractivity contribution in [2.45, 2.75) is 31.5 Å². The van der Waals surface area contributed by atoms with Crippen LogP contribution in [0.5, 0.6) is 5.75 Å². The van der Waals surface area contributed by atoms with E-state index in [0.717, 1.165) is 25.0 Å². The average Bonchev–Trinajstić information content (AvgIpc) is 2.39. The summed E-state index contributed by atoms with van der Waals surface area (Å²) in [5.41, 5.74) is 1.17. The van der Waals surface area contributed by atoms with Crippen LogP contribution in [0.4, 0.5) is 0 Å². The van der Waals surface area contributed by atoms with Gasteiger partial charge in [0, 0.05) is 0 Å². The highest BCUT2D eigenvalue weighted by molar-refractivity contribution is 5.28.